The van der Waals surface area contributed by atoms with E-state index in [1.54, 1.807) is 4.90 Å². The number of Topliss-reactive ketones (excluding diaryl/α,β-unsaturated/α-hetero) is 1. The molecule has 0 aromatic carbocycles. The Labute approximate surface area is 65.2 Å². The number of carbonyl (C=O) groups excluding carboxylic acids is 1. The number of likely N-dealkylation sites (tertiary alicyclic amines) is 1. The highest BCUT2D eigenvalue weighted by Gasteiger charge is 2.16. The maximum absolute atomic E-state index is 10.8. The molecular formula is C7H11N3O. The molecule has 1 rings (SSSR count). The Hall–Kier alpha value is -1.19. The first-order chi connectivity index (χ1) is 5.24. The number of hydrogen-bond donors (Lipinski definition) is 2. The average Bonchev–Trinajstić information content (AvgIpc) is 2.05. The first-order valence-electron chi connectivity index (χ1n) is 3.59. The van der Waals surface area contributed by atoms with Gasteiger partial charge in [0, 0.05) is 25.9 Å². The van der Waals surface area contributed by atoms with Crippen molar-refractivity contribution in [2.75, 3.05) is 13.1 Å². The van der Waals surface area contributed by atoms with Crippen molar-refractivity contribution in [3.05, 3.63) is 0 Å². The molecule has 1 fully saturated rings. The van der Waals surface area contributed by atoms with E-state index in [1.165, 1.54) is 0 Å². The van der Waals surface area contributed by atoms with Crippen molar-refractivity contribution in [2.45, 2.75) is 12.8 Å². The molecule has 1 aliphatic heterocycles. The summed E-state index contributed by atoms with van der Waals surface area (Å²) >= 11 is 0. The number of nitrogens with zero attached hydrogens (tertiary/aromatic N) is 1. The van der Waals surface area contributed by atoms with Gasteiger partial charge < -0.3 is 10.3 Å². The quantitative estimate of drug-likeness (QED) is 0.419. The lowest BCUT2D eigenvalue weighted by Crippen LogP contribution is -2.38. The first kappa shape index (κ1) is 7.91. The van der Waals surface area contributed by atoms with Gasteiger partial charge in [-0.2, -0.15) is 0 Å². The van der Waals surface area contributed by atoms with Gasteiger partial charge in [0.1, 0.15) is 11.6 Å². The Morgan fingerprint density at radius 2 is 2.00 bits per heavy atom. The number of rotatable bonds is 1. The summed E-state index contributed by atoms with van der Waals surface area (Å²) in [6.07, 6.45) is 2.06. The second-order valence-corrected chi connectivity index (χ2v) is 2.56. The maximum atomic E-state index is 10.8. The molecule has 0 aliphatic carbocycles. The normalized spacial score (nSPS) is 18.2. The zero-order chi connectivity index (χ0) is 8.27. The number of amidine groups is 1. The summed E-state index contributed by atoms with van der Waals surface area (Å²) in [6, 6.07) is 0. The van der Waals surface area contributed by atoms with Gasteiger partial charge in [-0.1, -0.05) is 0 Å². The minimum Gasteiger partial charge on any atom is -0.355 e. The Kier molecular flexibility index (Phi) is 2.36. The van der Waals surface area contributed by atoms with Gasteiger partial charge in [0.15, 0.2) is 0 Å². The molecule has 11 heavy (non-hydrogen) atoms. The summed E-state index contributed by atoms with van der Waals surface area (Å²) in [5, 5.41) is 14.1. The second-order valence-electron chi connectivity index (χ2n) is 2.56. The second kappa shape index (κ2) is 3.27. The van der Waals surface area contributed by atoms with E-state index in [1.807, 2.05) is 0 Å². The number of nitrogens with one attached hydrogen (secondary N) is 2. The van der Waals surface area contributed by atoms with Gasteiger partial charge >= 0.3 is 0 Å². The molecule has 0 spiro atoms. The van der Waals surface area contributed by atoms with Crippen molar-refractivity contribution >= 4 is 17.8 Å². The number of hydrogen-bond acceptors (Lipinski definition) is 3. The van der Waals surface area contributed by atoms with Gasteiger partial charge in [0.05, 0.1) is 6.21 Å². The van der Waals surface area contributed by atoms with Crippen LogP contribution in [0.5, 0.6) is 0 Å². The predicted molar refractivity (Wildman–Crippen MR) is 42.3 cm³/mol. The van der Waals surface area contributed by atoms with Crippen LogP contribution in [0.15, 0.2) is 0 Å². The molecule has 0 bridgehead atoms. The highest BCUT2D eigenvalue weighted by atomic mass is 16.1. The van der Waals surface area contributed by atoms with Crippen molar-refractivity contribution in [3.8, 4) is 0 Å². The van der Waals surface area contributed by atoms with E-state index in [4.69, 9.17) is 10.8 Å². The molecule has 0 aromatic rings. The summed E-state index contributed by atoms with van der Waals surface area (Å²) in [7, 11) is 0. The van der Waals surface area contributed by atoms with Gasteiger partial charge in [-0.05, 0) is 0 Å². The third-order valence-electron chi connectivity index (χ3n) is 1.80. The van der Waals surface area contributed by atoms with E-state index in [2.05, 4.69) is 0 Å². The lowest BCUT2D eigenvalue weighted by atomic mass is 10.1. The van der Waals surface area contributed by atoms with Crippen LogP contribution in [0, 0.1) is 10.8 Å². The third kappa shape index (κ3) is 1.86. The summed E-state index contributed by atoms with van der Waals surface area (Å²) in [6.45, 7) is 1.21. The monoisotopic (exact) mass is 153 g/mol. The van der Waals surface area contributed by atoms with Crippen LogP contribution in [0.1, 0.15) is 12.8 Å². The number of ketones is 1. The van der Waals surface area contributed by atoms with Crippen LogP contribution in [-0.4, -0.2) is 35.8 Å². The molecule has 0 saturated carbocycles. The Morgan fingerprint density at radius 3 is 2.45 bits per heavy atom. The Balaban J connectivity index is 2.44. The fraction of sp³-hybridized carbons (Fsp3) is 0.571. The highest BCUT2D eigenvalue weighted by Crippen LogP contribution is 2.04. The summed E-state index contributed by atoms with van der Waals surface area (Å²) in [5.41, 5.74) is 0. The van der Waals surface area contributed by atoms with Crippen molar-refractivity contribution in [2.24, 2.45) is 0 Å². The molecule has 1 heterocycles. The van der Waals surface area contributed by atoms with Crippen LogP contribution in [0.25, 0.3) is 0 Å². The summed E-state index contributed by atoms with van der Waals surface area (Å²) in [4.78, 5) is 12.5. The van der Waals surface area contributed by atoms with Gasteiger partial charge in [-0.25, -0.2) is 0 Å². The molecular weight excluding hydrogens is 142 g/mol. The highest BCUT2D eigenvalue weighted by molar-refractivity contribution is 6.26. The van der Waals surface area contributed by atoms with Crippen LogP contribution in [-0.2, 0) is 4.79 Å². The van der Waals surface area contributed by atoms with E-state index in [0.717, 1.165) is 6.21 Å². The molecule has 0 amide bonds. The van der Waals surface area contributed by atoms with E-state index in [9.17, 15) is 4.79 Å². The fourth-order valence-electron chi connectivity index (χ4n) is 1.09. The maximum Gasteiger partial charge on any atom is 0.138 e. The van der Waals surface area contributed by atoms with E-state index >= 15 is 0 Å². The molecule has 4 nitrogen and oxygen atoms in total. The van der Waals surface area contributed by atoms with Gasteiger partial charge in [0.25, 0.3) is 0 Å². The molecule has 1 aliphatic rings. The minimum atomic E-state index is 0.206. The van der Waals surface area contributed by atoms with Crippen molar-refractivity contribution in [1.29, 1.82) is 10.8 Å². The Morgan fingerprint density at radius 1 is 1.45 bits per heavy atom. The van der Waals surface area contributed by atoms with E-state index in [0.29, 0.717) is 25.9 Å². The van der Waals surface area contributed by atoms with Crippen LogP contribution < -0.4 is 0 Å². The molecule has 60 valence electrons. The molecule has 2 N–H and O–H groups in total. The molecule has 4 heteroatoms. The molecule has 1 saturated heterocycles. The SMILES string of the molecule is N=CC(=N)N1CCC(=O)CC1. The van der Waals surface area contributed by atoms with Crippen LogP contribution in [0.2, 0.25) is 0 Å². The van der Waals surface area contributed by atoms with Gasteiger partial charge in [0.2, 0.25) is 0 Å². The van der Waals surface area contributed by atoms with Crippen LogP contribution >= 0.6 is 0 Å². The van der Waals surface area contributed by atoms with Gasteiger partial charge in [-0.3, -0.25) is 10.2 Å². The smallest absolute Gasteiger partial charge is 0.138 e. The van der Waals surface area contributed by atoms with Gasteiger partial charge in [-0.15, -0.1) is 0 Å². The molecule has 0 radical (unpaired) electrons. The lowest BCUT2D eigenvalue weighted by molar-refractivity contribution is -0.120. The van der Waals surface area contributed by atoms with Crippen LogP contribution in [0.3, 0.4) is 0 Å². The largest absolute Gasteiger partial charge is 0.355 e. The van der Waals surface area contributed by atoms with Crippen molar-refractivity contribution < 1.29 is 4.79 Å². The van der Waals surface area contributed by atoms with Crippen molar-refractivity contribution in [1.82, 2.24) is 4.90 Å². The first-order valence-corrected chi connectivity index (χ1v) is 3.59. The van der Waals surface area contributed by atoms with Crippen LogP contribution in [0.4, 0.5) is 0 Å². The molecule has 0 unspecified atom stereocenters. The predicted octanol–water partition coefficient (Wildman–Crippen LogP) is 0.278. The zero-order valence-electron chi connectivity index (χ0n) is 6.26. The molecule has 0 atom stereocenters. The average molecular weight is 153 g/mol. The summed E-state index contributed by atoms with van der Waals surface area (Å²) in [5.74, 6) is 0.469. The van der Waals surface area contributed by atoms with E-state index in [-0.39, 0.29) is 11.6 Å². The summed E-state index contributed by atoms with van der Waals surface area (Å²) < 4.78 is 0. The minimum absolute atomic E-state index is 0.206. The number of piperidine rings is 1. The molecule has 0 aromatic heterocycles. The number of carbonyl (C=O) groups is 1. The van der Waals surface area contributed by atoms with E-state index < -0.39 is 0 Å². The standard InChI is InChI=1S/C7H11N3O/c8-5-7(9)10-3-1-6(11)2-4-10/h5,8-9H,1-4H2. The third-order valence-corrected chi connectivity index (χ3v) is 1.80. The fourth-order valence-corrected chi connectivity index (χ4v) is 1.09. The zero-order valence-corrected chi connectivity index (χ0v) is 6.26. The Bertz CT molecular complexity index is 190. The lowest BCUT2D eigenvalue weighted by Gasteiger charge is -2.26. The topological polar surface area (TPSA) is 68.0 Å². The van der Waals surface area contributed by atoms with Crippen molar-refractivity contribution in [3.63, 3.8) is 0 Å².